The van der Waals surface area contributed by atoms with Gasteiger partial charge < -0.3 is 10.1 Å². The van der Waals surface area contributed by atoms with E-state index in [1.54, 1.807) is 0 Å². The van der Waals surface area contributed by atoms with Crippen molar-refractivity contribution in [3.63, 3.8) is 0 Å². The average Bonchev–Trinajstić information content (AvgIpc) is 3.39. The van der Waals surface area contributed by atoms with E-state index >= 15 is 0 Å². The van der Waals surface area contributed by atoms with Crippen LogP contribution in [0.25, 0.3) is 27.6 Å². The summed E-state index contributed by atoms with van der Waals surface area (Å²) in [4.78, 5) is 21.9. The van der Waals surface area contributed by atoms with Gasteiger partial charge in [-0.05, 0) is 44.9 Å². The highest BCUT2D eigenvalue weighted by molar-refractivity contribution is 6.04. The second kappa shape index (κ2) is 6.71. The summed E-state index contributed by atoms with van der Waals surface area (Å²) < 4.78 is 7.88. The van der Waals surface area contributed by atoms with Gasteiger partial charge in [0, 0.05) is 23.5 Å². The van der Waals surface area contributed by atoms with Gasteiger partial charge in [-0.25, -0.2) is 4.98 Å². The molecular weight excluding hydrogens is 352 g/mol. The van der Waals surface area contributed by atoms with Crippen LogP contribution in [-0.4, -0.2) is 39.2 Å². The first-order chi connectivity index (χ1) is 13.6. The Morgan fingerprint density at radius 2 is 2.18 bits per heavy atom. The summed E-state index contributed by atoms with van der Waals surface area (Å²) in [6.45, 7) is 4.74. The van der Waals surface area contributed by atoms with E-state index in [4.69, 9.17) is 9.72 Å². The molecule has 1 aliphatic carbocycles. The van der Waals surface area contributed by atoms with Crippen LogP contribution in [0.3, 0.4) is 0 Å². The van der Waals surface area contributed by atoms with Gasteiger partial charge in [0.1, 0.15) is 11.3 Å². The number of hydrogen-bond acceptors (Lipinski definition) is 4. The van der Waals surface area contributed by atoms with E-state index in [1.165, 1.54) is 5.56 Å². The molecular formula is C22H24N4O2. The molecule has 2 aliphatic rings. The third kappa shape index (κ3) is 3.18. The van der Waals surface area contributed by atoms with Crippen LogP contribution in [-0.2, 0) is 16.0 Å². The predicted octanol–water partition coefficient (Wildman–Crippen LogP) is 3.36. The minimum absolute atomic E-state index is 0.0354. The van der Waals surface area contributed by atoms with E-state index < -0.39 is 0 Å². The van der Waals surface area contributed by atoms with Crippen molar-refractivity contribution in [2.24, 2.45) is 0 Å². The molecule has 1 aliphatic heterocycles. The molecule has 1 fully saturated rings. The number of carbonyl (C=O) groups is 1. The van der Waals surface area contributed by atoms with Gasteiger partial charge in [0.25, 0.3) is 0 Å². The second-order valence-electron chi connectivity index (χ2n) is 7.94. The number of fused-ring (bicyclic) bond motifs is 3. The van der Waals surface area contributed by atoms with Gasteiger partial charge in [-0.15, -0.1) is 0 Å². The molecule has 3 aromatic rings. The fraction of sp³-hybridized carbons (Fsp3) is 0.409. The topological polar surface area (TPSA) is 69.0 Å². The Labute approximate surface area is 163 Å². The molecule has 6 heteroatoms. The minimum Gasteiger partial charge on any atom is -0.374 e. The quantitative estimate of drug-likeness (QED) is 0.758. The Hall–Kier alpha value is -2.73. The van der Waals surface area contributed by atoms with E-state index in [1.807, 2.05) is 12.3 Å². The molecule has 3 heterocycles. The van der Waals surface area contributed by atoms with E-state index in [-0.39, 0.29) is 18.4 Å². The number of nitrogens with one attached hydrogen (secondary N) is 1. The maximum Gasteiger partial charge on any atom is 0.227 e. The average molecular weight is 376 g/mol. The zero-order valence-electron chi connectivity index (χ0n) is 16.2. The van der Waals surface area contributed by atoms with Crippen LogP contribution >= 0.6 is 0 Å². The lowest BCUT2D eigenvalue weighted by Gasteiger charge is -2.22. The smallest absolute Gasteiger partial charge is 0.227 e. The monoisotopic (exact) mass is 376 g/mol. The molecule has 0 spiro atoms. The highest BCUT2D eigenvalue weighted by atomic mass is 16.5. The number of carbonyl (C=O) groups excluding carboxylic acids is 1. The number of pyridine rings is 1. The first-order valence-electron chi connectivity index (χ1n) is 9.95. The van der Waals surface area contributed by atoms with Crippen LogP contribution < -0.4 is 5.32 Å². The summed E-state index contributed by atoms with van der Waals surface area (Å²) in [7, 11) is 0. The van der Waals surface area contributed by atoms with Crippen molar-refractivity contribution in [3.05, 3.63) is 41.9 Å². The van der Waals surface area contributed by atoms with Gasteiger partial charge in [-0.3, -0.25) is 14.3 Å². The van der Waals surface area contributed by atoms with Crippen molar-refractivity contribution in [2.75, 3.05) is 6.61 Å². The molecule has 2 aromatic heterocycles. The van der Waals surface area contributed by atoms with Crippen LogP contribution in [0.2, 0.25) is 0 Å². The minimum atomic E-state index is 0.0354. The number of rotatable bonds is 4. The first kappa shape index (κ1) is 17.4. The molecule has 1 atom stereocenters. The molecule has 5 rings (SSSR count). The maximum absolute atomic E-state index is 12.5. The lowest BCUT2D eigenvalue weighted by molar-refractivity contribution is -0.120. The van der Waals surface area contributed by atoms with Gasteiger partial charge >= 0.3 is 0 Å². The van der Waals surface area contributed by atoms with Gasteiger partial charge in [-0.1, -0.05) is 11.6 Å². The Balaban J connectivity index is 1.70. The van der Waals surface area contributed by atoms with Crippen molar-refractivity contribution in [1.29, 1.82) is 0 Å². The van der Waals surface area contributed by atoms with E-state index in [9.17, 15) is 4.79 Å². The number of aryl methyl sites for hydroxylation is 1. The zero-order chi connectivity index (χ0) is 19.3. The second-order valence-corrected chi connectivity index (χ2v) is 7.94. The highest BCUT2D eigenvalue weighted by Gasteiger charge is 2.26. The number of imidazole rings is 1. The van der Waals surface area contributed by atoms with Crippen LogP contribution in [0.15, 0.2) is 30.5 Å². The summed E-state index contributed by atoms with van der Waals surface area (Å²) in [5, 5.41) is 4.15. The van der Waals surface area contributed by atoms with E-state index in [0.29, 0.717) is 12.6 Å². The molecule has 28 heavy (non-hydrogen) atoms. The third-order valence-electron chi connectivity index (χ3n) is 5.45. The number of aromatic nitrogens is 3. The molecule has 0 radical (unpaired) electrons. The third-order valence-corrected chi connectivity index (χ3v) is 5.45. The Morgan fingerprint density at radius 1 is 1.32 bits per heavy atom. The summed E-state index contributed by atoms with van der Waals surface area (Å²) >= 11 is 0. The normalized spacial score (nSPS) is 19.8. The molecule has 1 unspecified atom stereocenters. The molecule has 144 valence electrons. The fourth-order valence-corrected chi connectivity index (χ4v) is 3.92. The standard InChI is InChI=1S/C22H24N4O2/c1-13-3-6-18-17(9-13)22-19(12-23-18)25-20(11-21(27)24-15-4-5-15)26(22)16-7-8-28-14(2)10-16/h3,6-7,9,12,14-15H,4-5,8,10-11H2,1-2H3,(H,24,27). The molecule has 1 N–H and O–H groups in total. The Kier molecular flexibility index (Phi) is 4.16. The molecule has 0 saturated heterocycles. The summed E-state index contributed by atoms with van der Waals surface area (Å²) in [5.41, 5.74) is 5.12. The summed E-state index contributed by atoms with van der Waals surface area (Å²) in [6, 6.07) is 6.61. The maximum atomic E-state index is 12.5. The van der Waals surface area contributed by atoms with Crippen molar-refractivity contribution in [1.82, 2.24) is 19.9 Å². The number of ether oxygens (including phenoxy) is 1. The predicted molar refractivity (Wildman–Crippen MR) is 109 cm³/mol. The first-order valence-corrected chi connectivity index (χ1v) is 9.95. The number of hydrogen-bond donors (Lipinski definition) is 1. The number of benzene rings is 1. The van der Waals surface area contributed by atoms with Crippen molar-refractivity contribution in [2.45, 2.75) is 51.7 Å². The van der Waals surface area contributed by atoms with Crippen molar-refractivity contribution >= 4 is 33.5 Å². The molecule has 1 saturated carbocycles. The van der Waals surface area contributed by atoms with Crippen LogP contribution in [0.1, 0.15) is 37.6 Å². The fourth-order valence-electron chi connectivity index (χ4n) is 3.92. The Bertz CT molecular complexity index is 1110. The van der Waals surface area contributed by atoms with Crippen molar-refractivity contribution in [3.8, 4) is 0 Å². The lowest BCUT2D eigenvalue weighted by atomic mass is 10.1. The molecule has 1 aromatic carbocycles. The van der Waals surface area contributed by atoms with Gasteiger partial charge in [-0.2, -0.15) is 0 Å². The highest BCUT2D eigenvalue weighted by Crippen LogP contribution is 2.31. The zero-order valence-corrected chi connectivity index (χ0v) is 16.2. The van der Waals surface area contributed by atoms with E-state index in [0.717, 1.165) is 52.7 Å². The van der Waals surface area contributed by atoms with Gasteiger partial charge in [0.05, 0.1) is 36.4 Å². The molecule has 0 bridgehead atoms. The Morgan fingerprint density at radius 3 is 2.96 bits per heavy atom. The van der Waals surface area contributed by atoms with Gasteiger partial charge in [0.2, 0.25) is 5.91 Å². The van der Waals surface area contributed by atoms with Crippen LogP contribution in [0, 0.1) is 6.92 Å². The summed E-state index contributed by atoms with van der Waals surface area (Å²) in [6.07, 6.45) is 7.27. The van der Waals surface area contributed by atoms with Gasteiger partial charge in [0.15, 0.2) is 0 Å². The molecule has 6 nitrogen and oxygen atoms in total. The van der Waals surface area contributed by atoms with Crippen LogP contribution in [0.5, 0.6) is 0 Å². The van der Waals surface area contributed by atoms with Crippen molar-refractivity contribution < 1.29 is 9.53 Å². The lowest BCUT2D eigenvalue weighted by Crippen LogP contribution is -2.28. The SMILES string of the molecule is Cc1ccc2ncc3nc(CC(=O)NC4CC4)n(C4=CCOC(C)C4)c3c2c1. The van der Waals surface area contributed by atoms with Crippen LogP contribution in [0.4, 0.5) is 0 Å². The summed E-state index contributed by atoms with van der Waals surface area (Å²) in [5.74, 6) is 0.803. The number of amides is 1. The van der Waals surface area contributed by atoms with E-state index in [2.05, 4.69) is 46.9 Å². The molecule has 1 amide bonds. The number of nitrogens with zero attached hydrogens (tertiary/aromatic N) is 3. The largest absolute Gasteiger partial charge is 0.374 e.